The minimum Gasteiger partial charge on any atom is -0.747 e. The first-order valence-corrected chi connectivity index (χ1v) is 12.0. The summed E-state index contributed by atoms with van der Waals surface area (Å²) in [5.74, 6) is -1.74. The van der Waals surface area contributed by atoms with Crippen LogP contribution in [0.4, 0.5) is 4.79 Å². The van der Waals surface area contributed by atoms with Gasteiger partial charge >= 0.3 is 41.2 Å². The number of rotatable bonds is 5. The molecule has 1 saturated heterocycles. The van der Waals surface area contributed by atoms with Crippen molar-refractivity contribution in [2.24, 2.45) is 0 Å². The Labute approximate surface area is 206 Å². The molecule has 2 heterocycles. The summed E-state index contributed by atoms with van der Waals surface area (Å²) >= 11 is 0. The molecule has 0 bridgehead atoms. The number of hydrogen-bond donors (Lipinski definition) is 1. The summed E-state index contributed by atoms with van der Waals surface area (Å²) in [6.45, 7) is 2.79. The van der Waals surface area contributed by atoms with Gasteiger partial charge in [-0.05, 0) is 32.4 Å². The van der Waals surface area contributed by atoms with Gasteiger partial charge in [-0.1, -0.05) is 17.7 Å². The van der Waals surface area contributed by atoms with Crippen LogP contribution in [0, 0.1) is 13.8 Å². The number of carbonyl (C=O) groups is 1. The average molecular weight is 494 g/mol. The van der Waals surface area contributed by atoms with Gasteiger partial charge < -0.3 is 19.0 Å². The van der Waals surface area contributed by atoms with Crippen LogP contribution in [0.1, 0.15) is 29.3 Å². The fraction of sp³-hybridized carbons (Fsp3) is 0.333. The van der Waals surface area contributed by atoms with E-state index in [1.807, 2.05) is 0 Å². The van der Waals surface area contributed by atoms with Crippen LogP contribution >= 0.6 is 0 Å². The van der Waals surface area contributed by atoms with Gasteiger partial charge in [0.15, 0.2) is 0 Å². The molecule has 0 radical (unpaired) electrons. The number of carbonyl (C=O) groups excluding carboxylic acids is 1. The second-order valence-electron chi connectivity index (χ2n) is 7.09. The fourth-order valence-corrected chi connectivity index (χ4v) is 5.54. The molecule has 1 unspecified atom stereocenters. The minimum atomic E-state index is -4.90. The van der Waals surface area contributed by atoms with Crippen molar-refractivity contribution in [1.82, 2.24) is 9.21 Å². The SMILES string of the molecule is Cc1ccc(S(=O)(=O)N2C(=O)N(CS(=O)(=O)[O-])CCC2c2c(O)cc(C)oc2=O)cc1.[Na+]. The standard InChI is InChI=1S/C18H20N2O9S2.Na/c1-11-3-5-13(6-4-11)31(27,28)20-14(16-15(21)9-12(2)29-17(16)22)7-8-19(18(20)23)10-30(24,25)26;/h3-6,9,14,21H,7-8,10H2,1-2H3,(H,24,25,26);/q;+1/p-1. The van der Waals surface area contributed by atoms with Crippen LogP contribution in [0.2, 0.25) is 0 Å². The first-order valence-electron chi connectivity index (χ1n) is 8.98. The number of sulfonamides is 1. The van der Waals surface area contributed by atoms with Crippen LogP contribution in [0.3, 0.4) is 0 Å². The Bertz CT molecular complexity index is 1290. The molecule has 1 fully saturated rings. The topological polar surface area (TPSA) is 165 Å². The summed E-state index contributed by atoms with van der Waals surface area (Å²) in [4.78, 5) is 25.7. The second-order valence-corrected chi connectivity index (χ2v) is 10.3. The fourth-order valence-electron chi connectivity index (χ4n) is 3.34. The molecule has 14 heteroatoms. The third-order valence-electron chi connectivity index (χ3n) is 4.73. The summed E-state index contributed by atoms with van der Waals surface area (Å²) in [5, 5.41) is 10.3. The van der Waals surface area contributed by atoms with Crippen LogP contribution in [0.15, 0.2) is 44.4 Å². The van der Waals surface area contributed by atoms with Gasteiger partial charge in [-0.3, -0.25) is 0 Å². The van der Waals surface area contributed by atoms with E-state index in [1.54, 1.807) is 6.92 Å². The Hall–Kier alpha value is -1.90. The van der Waals surface area contributed by atoms with Gasteiger partial charge in [0.05, 0.1) is 10.9 Å². The Balaban J connectivity index is 0.00000363. The molecule has 1 aliphatic rings. The zero-order valence-corrected chi connectivity index (χ0v) is 21.1. The van der Waals surface area contributed by atoms with Gasteiger partial charge in [0.2, 0.25) is 0 Å². The minimum absolute atomic E-state index is 0. The molecule has 32 heavy (non-hydrogen) atoms. The second kappa shape index (κ2) is 9.53. The van der Waals surface area contributed by atoms with E-state index in [9.17, 15) is 36.1 Å². The Kier molecular flexibility index (Phi) is 7.85. The van der Waals surface area contributed by atoms with Crippen LogP contribution in [-0.4, -0.2) is 54.2 Å². The van der Waals surface area contributed by atoms with Crippen molar-refractivity contribution in [2.45, 2.75) is 31.2 Å². The van der Waals surface area contributed by atoms with Gasteiger partial charge in [-0.25, -0.2) is 30.7 Å². The predicted molar refractivity (Wildman–Crippen MR) is 106 cm³/mol. The molecule has 2 amide bonds. The Morgan fingerprint density at radius 3 is 2.25 bits per heavy atom. The zero-order chi connectivity index (χ0) is 23.1. The van der Waals surface area contributed by atoms with Gasteiger partial charge in [-0.15, -0.1) is 0 Å². The van der Waals surface area contributed by atoms with E-state index in [0.29, 0.717) is 9.21 Å². The summed E-state index contributed by atoms with van der Waals surface area (Å²) in [6.07, 6.45) is -0.256. The van der Waals surface area contributed by atoms with Crippen LogP contribution in [0.5, 0.6) is 5.75 Å². The first-order chi connectivity index (χ1) is 14.3. The number of hydrogen-bond acceptors (Lipinski definition) is 9. The maximum Gasteiger partial charge on any atom is 1.00 e. The van der Waals surface area contributed by atoms with Crippen molar-refractivity contribution in [3.63, 3.8) is 0 Å². The molecule has 1 aromatic heterocycles. The molecule has 2 aromatic rings. The van der Waals surface area contributed by atoms with Crippen molar-refractivity contribution >= 4 is 26.2 Å². The number of aryl methyl sites for hydroxylation is 2. The number of urea groups is 1. The van der Waals surface area contributed by atoms with Crippen LogP contribution in [-0.2, 0) is 20.1 Å². The third kappa shape index (κ3) is 5.35. The predicted octanol–water partition coefficient (Wildman–Crippen LogP) is -1.97. The monoisotopic (exact) mass is 494 g/mol. The Morgan fingerprint density at radius 2 is 1.72 bits per heavy atom. The maximum atomic E-state index is 13.3. The molecule has 3 rings (SSSR count). The zero-order valence-electron chi connectivity index (χ0n) is 17.5. The van der Waals surface area contributed by atoms with Gasteiger partial charge in [-0.2, -0.15) is 0 Å². The van der Waals surface area contributed by atoms with E-state index in [0.717, 1.165) is 11.6 Å². The van der Waals surface area contributed by atoms with E-state index < -0.39 is 55.0 Å². The van der Waals surface area contributed by atoms with Gasteiger partial charge in [0.25, 0.3) is 10.0 Å². The van der Waals surface area contributed by atoms with Crippen molar-refractivity contribution < 1.29 is 65.3 Å². The van der Waals surface area contributed by atoms with E-state index in [1.165, 1.54) is 31.2 Å². The smallest absolute Gasteiger partial charge is 0.747 e. The average Bonchev–Trinajstić information content (AvgIpc) is 2.62. The Morgan fingerprint density at radius 1 is 1.12 bits per heavy atom. The molecule has 1 atom stereocenters. The van der Waals surface area contributed by atoms with Crippen molar-refractivity contribution in [3.8, 4) is 5.75 Å². The summed E-state index contributed by atoms with van der Waals surface area (Å²) in [6, 6.07) is 3.80. The number of benzene rings is 1. The summed E-state index contributed by atoms with van der Waals surface area (Å²) in [7, 11) is -9.50. The number of aromatic hydroxyl groups is 1. The first kappa shape index (κ1) is 26.4. The van der Waals surface area contributed by atoms with E-state index in [-0.39, 0.29) is 53.2 Å². The van der Waals surface area contributed by atoms with Crippen molar-refractivity contribution in [1.29, 1.82) is 0 Å². The summed E-state index contributed by atoms with van der Waals surface area (Å²) < 4.78 is 65.5. The quantitative estimate of drug-likeness (QED) is 0.366. The van der Waals surface area contributed by atoms with Crippen LogP contribution < -0.4 is 35.2 Å². The molecule has 1 aromatic carbocycles. The van der Waals surface area contributed by atoms with Gasteiger partial charge in [0, 0.05) is 12.6 Å². The number of amides is 2. The largest absolute Gasteiger partial charge is 1.00 e. The van der Waals surface area contributed by atoms with Crippen molar-refractivity contribution in [3.05, 3.63) is 57.6 Å². The molecular weight excluding hydrogens is 475 g/mol. The maximum absolute atomic E-state index is 13.3. The van der Waals surface area contributed by atoms with Gasteiger partial charge in [0.1, 0.15) is 33.1 Å². The van der Waals surface area contributed by atoms with Crippen molar-refractivity contribution in [2.75, 3.05) is 12.4 Å². The molecule has 0 spiro atoms. The van der Waals surface area contributed by atoms with E-state index >= 15 is 0 Å². The number of nitrogens with zero attached hydrogens (tertiary/aromatic N) is 2. The molecule has 0 aliphatic carbocycles. The molecule has 0 saturated carbocycles. The van der Waals surface area contributed by atoms with E-state index in [4.69, 9.17) is 4.42 Å². The normalized spacial score (nSPS) is 17.2. The molecular formula is C18H19N2NaO9S2. The van der Waals surface area contributed by atoms with Crippen LogP contribution in [0.25, 0.3) is 0 Å². The molecule has 1 aliphatic heterocycles. The van der Waals surface area contributed by atoms with E-state index in [2.05, 4.69) is 0 Å². The molecule has 168 valence electrons. The molecule has 11 nitrogen and oxygen atoms in total. The third-order valence-corrected chi connectivity index (χ3v) is 7.15. The summed E-state index contributed by atoms with van der Waals surface area (Å²) in [5.41, 5.74) is -0.750. The molecule has 1 N–H and O–H groups in total.